The minimum atomic E-state index is 0.00594. The molecule has 116 valence electrons. The zero-order chi connectivity index (χ0) is 15.5. The second-order valence-electron chi connectivity index (χ2n) is 5.50. The third kappa shape index (κ3) is 3.14. The van der Waals surface area contributed by atoms with Crippen LogP contribution in [-0.4, -0.2) is 34.0 Å². The van der Waals surface area contributed by atoms with Crippen LogP contribution in [0.15, 0.2) is 28.8 Å². The lowest BCUT2D eigenvalue weighted by atomic mass is 9.96. The maximum atomic E-state index is 12.6. The van der Waals surface area contributed by atoms with E-state index in [4.69, 9.17) is 16.1 Å². The molecule has 2 aromatic rings. The average molecular weight is 320 g/mol. The van der Waals surface area contributed by atoms with E-state index in [-0.39, 0.29) is 11.8 Å². The Morgan fingerprint density at radius 2 is 2.36 bits per heavy atom. The summed E-state index contributed by atoms with van der Waals surface area (Å²) in [5.41, 5.74) is 0.621. The third-order valence-electron chi connectivity index (χ3n) is 3.93. The Morgan fingerprint density at radius 1 is 1.50 bits per heavy atom. The second kappa shape index (κ2) is 6.48. The molecule has 3 rings (SSSR count). The molecule has 1 atom stereocenters. The van der Waals surface area contributed by atoms with E-state index in [9.17, 15) is 4.79 Å². The zero-order valence-electron chi connectivity index (χ0n) is 12.5. The Kier molecular flexibility index (Phi) is 4.43. The number of amides is 1. The highest BCUT2D eigenvalue weighted by atomic mass is 35.5. The monoisotopic (exact) mass is 319 g/mol. The first kappa shape index (κ1) is 15.0. The van der Waals surface area contributed by atoms with Crippen molar-refractivity contribution in [3.63, 3.8) is 0 Å². The fourth-order valence-corrected chi connectivity index (χ4v) is 2.94. The van der Waals surface area contributed by atoms with Crippen molar-refractivity contribution in [1.29, 1.82) is 0 Å². The number of carbonyl (C=O) groups is 1. The van der Waals surface area contributed by atoms with E-state index >= 15 is 0 Å². The van der Waals surface area contributed by atoms with Crippen molar-refractivity contribution < 1.29 is 9.32 Å². The first-order chi connectivity index (χ1) is 10.7. The van der Waals surface area contributed by atoms with Gasteiger partial charge < -0.3 is 9.42 Å². The number of halogens is 1. The van der Waals surface area contributed by atoms with E-state index in [1.165, 1.54) is 0 Å². The maximum Gasteiger partial charge on any atom is 0.253 e. The van der Waals surface area contributed by atoms with E-state index in [0.717, 1.165) is 25.8 Å². The van der Waals surface area contributed by atoms with Gasteiger partial charge in [-0.15, -0.1) is 0 Å². The van der Waals surface area contributed by atoms with E-state index < -0.39 is 0 Å². The number of hydrogen-bond donors (Lipinski definition) is 0. The van der Waals surface area contributed by atoms with Gasteiger partial charge in [0.1, 0.15) is 0 Å². The molecular weight excluding hydrogens is 302 g/mol. The Hall–Kier alpha value is -1.88. The molecule has 1 amide bonds. The number of benzene rings is 1. The first-order valence-electron chi connectivity index (χ1n) is 7.54. The number of aryl methyl sites for hydroxylation is 1. The highest BCUT2D eigenvalue weighted by Crippen LogP contribution is 2.26. The normalized spacial score (nSPS) is 18.5. The third-order valence-corrected chi connectivity index (χ3v) is 4.17. The summed E-state index contributed by atoms with van der Waals surface area (Å²) in [5.74, 6) is 1.50. The molecule has 2 heterocycles. The van der Waals surface area contributed by atoms with Crippen molar-refractivity contribution in [2.45, 2.75) is 32.1 Å². The molecule has 0 saturated carbocycles. The first-order valence-corrected chi connectivity index (χ1v) is 7.92. The molecule has 0 spiro atoms. The van der Waals surface area contributed by atoms with Crippen LogP contribution in [0.25, 0.3) is 0 Å². The number of rotatable bonds is 3. The number of hydrogen-bond acceptors (Lipinski definition) is 4. The summed E-state index contributed by atoms with van der Waals surface area (Å²) in [7, 11) is 0. The quantitative estimate of drug-likeness (QED) is 0.871. The molecule has 6 heteroatoms. The molecule has 0 bridgehead atoms. The smallest absolute Gasteiger partial charge is 0.253 e. The fraction of sp³-hybridized carbons (Fsp3) is 0.438. The van der Waals surface area contributed by atoms with E-state index in [1.54, 1.807) is 24.3 Å². The summed E-state index contributed by atoms with van der Waals surface area (Å²) in [6.45, 7) is 3.35. The SMILES string of the molecule is CCc1nc([C@H]2CCCN(C(=O)c3cccc(Cl)c3)C2)no1. The maximum absolute atomic E-state index is 12.6. The van der Waals surface area contributed by atoms with Crippen LogP contribution in [0.1, 0.15) is 47.8 Å². The summed E-state index contributed by atoms with van der Waals surface area (Å²) in [4.78, 5) is 18.8. The number of likely N-dealkylation sites (tertiary alicyclic amines) is 1. The van der Waals surface area contributed by atoms with Crippen molar-refractivity contribution in [2.24, 2.45) is 0 Å². The predicted octanol–water partition coefficient (Wildman–Crippen LogP) is 3.31. The number of carbonyl (C=O) groups excluding carboxylic acids is 1. The second-order valence-corrected chi connectivity index (χ2v) is 5.94. The molecule has 0 radical (unpaired) electrons. The summed E-state index contributed by atoms with van der Waals surface area (Å²) >= 11 is 5.97. The lowest BCUT2D eigenvalue weighted by Gasteiger charge is -2.31. The molecule has 1 saturated heterocycles. The predicted molar refractivity (Wildman–Crippen MR) is 83.0 cm³/mol. The van der Waals surface area contributed by atoms with Crippen LogP contribution in [0.3, 0.4) is 0 Å². The van der Waals surface area contributed by atoms with Gasteiger partial charge >= 0.3 is 0 Å². The highest BCUT2D eigenvalue weighted by Gasteiger charge is 2.28. The molecule has 0 N–H and O–H groups in total. The van der Waals surface area contributed by atoms with Gasteiger partial charge in [0.05, 0.1) is 0 Å². The van der Waals surface area contributed by atoms with Gasteiger partial charge in [-0.3, -0.25) is 4.79 Å². The van der Waals surface area contributed by atoms with Crippen molar-refractivity contribution in [3.05, 3.63) is 46.6 Å². The van der Waals surface area contributed by atoms with Crippen LogP contribution < -0.4 is 0 Å². The Morgan fingerprint density at radius 3 is 3.09 bits per heavy atom. The molecule has 1 aromatic heterocycles. The van der Waals surface area contributed by atoms with Gasteiger partial charge in [-0.1, -0.05) is 29.7 Å². The van der Waals surface area contributed by atoms with Crippen molar-refractivity contribution >= 4 is 17.5 Å². The molecule has 1 fully saturated rings. The largest absolute Gasteiger partial charge is 0.339 e. The Labute approximate surface area is 134 Å². The number of piperidine rings is 1. The van der Waals surface area contributed by atoms with Gasteiger partial charge in [0.15, 0.2) is 5.82 Å². The van der Waals surface area contributed by atoms with Gasteiger partial charge in [-0.05, 0) is 31.0 Å². The highest BCUT2D eigenvalue weighted by molar-refractivity contribution is 6.30. The summed E-state index contributed by atoms with van der Waals surface area (Å²) in [5, 5.41) is 4.62. The molecule has 1 aromatic carbocycles. The van der Waals surface area contributed by atoms with Crippen LogP contribution in [0.4, 0.5) is 0 Å². The topological polar surface area (TPSA) is 59.2 Å². The molecule has 5 nitrogen and oxygen atoms in total. The van der Waals surface area contributed by atoms with Crippen LogP contribution in [0.5, 0.6) is 0 Å². The summed E-state index contributed by atoms with van der Waals surface area (Å²) in [6, 6.07) is 7.06. The van der Waals surface area contributed by atoms with Crippen LogP contribution in [0, 0.1) is 0 Å². The van der Waals surface area contributed by atoms with Crippen molar-refractivity contribution in [3.8, 4) is 0 Å². The molecule has 0 unspecified atom stereocenters. The molecular formula is C16H18ClN3O2. The summed E-state index contributed by atoms with van der Waals surface area (Å²) < 4.78 is 5.18. The average Bonchev–Trinajstić information content (AvgIpc) is 3.03. The Bertz CT molecular complexity index is 671. The molecule has 1 aliphatic rings. The van der Waals surface area contributed by atoms with Gasteiger partial charge in [-0.2, -0.15) is 4.98 Å². The van der Waals surface area contributed by atoms with E-state index in [1.807, 2.05) is 11.8 Å². The minimum absolute atomic E-state index is 0.00594. The van der Waals surface area contributed by atoms with Crippen molar-refractivity contribution in [1.82, 2.24) is 15.0 Å². The zero-order valence-corrected chi connectivity index (χ0v) is 13.2. The van der Waals surface area contributed by atoms with Gasteiger partial charge in [0.25, 0.3) is 5.91 Å². The molecule has 1 aliphatic heterocycles. The van der Waals surface area contributed by atoms with Gasteiger partial charge in [0.2, 0.25) is 5.89 Å². The van der Waals surface area contributed by atoms with Crippen LogP contribution in [0.2, 0.25) is 5.02 Å². The Balaban J connectivity index is 1.73. The fourth-order valence-electron chi connectivity index (χ4n) is 2.75. The standard InChI is InChI=1S/C16H18ClN3O2/c1-2-14-18-15(19-22-14)12-6-4-8-20(10-12)16(21)11-5-3-7-13(17)9-11/h3,5,7,9,12H,2,4,6,8,10H2,1H3/t12-/m0/s1. The van der Waals surface area contributed by atoms with Gasteiger partial charge in [-0.25, -0.2) is 0 Å². The summed E-state index contributed by atoms with van der Waals surface area (Å²) in [6.07, 6.45) is 2.64. The molecule has 22 heavy (non-hydrogen) atoms. The number of aromatic nitrogens is 2. The van der Waals surface area contributed by atoms with Crippen molar-refractivity contribution in [2.75, 3.05) is 13.1 Å². The van der Waals surface area contributed by atoms with E-state index in [0.29, 0.717) is 28.8 Å². The van der Waals surface area contributed by atoms with E-state index in [2.05, 4.69) is 10.1 Å². The van der Waals surface area contributed by atoms with Crippen LogP contribution >= 0.6 is 11.6 Å². The lowest BCUT2D eigenvalue weighted by Crippen LogP contribution is -2.39. The van der Waals surface area contributed by atoms with Crippen LogP contribution in [-0.2, 0) is 6.42 Å². The molecule has 0 aliphatic carbocycles. The lowest BCUT2D eigenvalue weighted by molar-refractivity contribution is 0.0703. The minimum Gasteiger partial charge on any atom is -0.339 e. The van der Waals surface area contributed by atoms with Gasteiger partial charge in [0, 0.05) is 36.0 Å². The number of nitrogens with zero attached hydrogens (tertiary/aromatic N) is 3.